The lowest BCUT2D eigenvalue weighted by atomic mass is 10.1. The van der Waals surface area contributed by atoms with Crippen LogP contribution in [0.5, 0.6) is 34.5 Å². The molecule has 0 aliphatic rings. The van der Waals surface area contributed by atoms with Gasteiger partial charge in [-0.3, -0.25) is 31.9 Å². The van der Waals surface area contributed by atoms with Crippen molar-refractivity contribution in [1.29, 1.82) is 0 Å². The van der Waals surface area contributed by atoms with E-state index in [0.29, 0.717) is 54.2 Å². The highest BCUT2D eigenvalue weighted by atomic mass is 35.5. The highest BCUT2D eigenvalue weighted by molar-refractivity contribution is 7.87. The zero-order chi connectivity index (χ0) is 80.7. The maximum atomic E-state index is 11.3. The van der Waals surface area contributed by atoms with Gasteiger partial charge in [-0.1, -0.05) is 24.9 Å². The first kappa shape index (κ1) is 84.7. The van der Waals surface area contributed by atoms with Crippen molar-refractivity contribution >= 4 is 181 Å². The van der Waals surface area contributed by atoms with Crippen LogP contribution in [0.1, 0.15) is 26.7 Å². The largest absolute Gasteiger partial charge is 0.507 e. The quantitative estimate of drug-likeness (QED) is 0.0273. The fourth-order valence-corrected chi connectivity index (χ4v) is 14.5. The van der Waals surface area contributed by atoms with Crippen LogP contribution in [0.25, 0.3) is 64.6 Å². The van der Waals surface area contributed by atoms with Gasteiger partial charge in [0.05, 0.1) is 45.8 Å². The first-order chi connectivity index (χ1) is 49.9. The number of halogens is 1. The maximum Gasteiger partial charge on any atom is 0.297 e. The fraction of sp³-hybridized carbons (Fsp3) is 0.104. The molecular formula is C67H67ClN6O27S7. The molecule has 0 atom stereocenters. The highest BCUT2D eigenvalue weighted by Crippen LogP contribution is 2.39. The zero-order valence-electron chi connectivity index (χ0n) is 56.0. The van der Waals surface area contributed by atoms with E-state index in [-0.39, 0.29) is 80.9 Å². The average Bonchev–Trinajstić information content (AvgIpc) is 0.822. The SMILES string of the molecule is CCCCNc1ccc2c(O)cc(S(=O)(=O)O)cc2c1.CCNc1ccc2c(O)cc(S(=O)(=O)O)cc2c1.CNc1ccc2c(O)cc(S(=O)(=O)O)cc2c1.Nc1ccc2c(O)cc(S(=O)(=O)O)cc2c1.Nc1ccc2c(O)cc(S(=O)(=O)O)cc2c1Cl.Nc1ccc2c(O)cc(S(=O)(=O)O)cc2c1S(=O)(=O)O. The molecule has 0 amide bonds. The van der Waals surface area contributed by atoms with Crippen LogP contribution in [0.15, 0.2) is 204 Å². The second-order valence-electron chi connectivity index (χ2n) is 23.0. The molecule has 0 fully saturated rings. The van der Waals surface area contributed by atoms with E-state index in [1.807, 2.05) is 13.0 Å². The van der Waals surface area contributed by atoms with E-state index >= 15 is 0 Å². The Labute approximate surface area is 622 Å². The number of nitrogens with one attached hydrogen (secondary N) is 3. The fourth-order valence-electron chi connectivity index (χ4n) is 10.2. The summed E-state index contributed by atoms with van der Waals surface area (Å²) < 4.78 is 218. The molecule has 0 aliphatic carbocycles. The minimum atomic E-state index is -4.75. The Morgan fingerprint density at radius 3 is 0.972 bits per heavy atom. The first-order valence-corrected chi connectivity index (χ1v) is 41.0. The molecule has 0 bridgehead atoms. The van der Waals surface area contributed by atoms with Crippen molar-refractivity contribution in [2.75, 3.05) is 53.3 Å². The van der Waals surface area contributed by atoms with Crippen LogP contribution in [-0.2, 0) is 70.8 Å². The Hall–Kier alpha value is -10.5. The second-order valence-corrected chi connectivity index (χ2v) is 33.2. The summed E-state index contributed by atoms with van der Waals surface area (Å²) in [6.07, 6.45) is 2.11. The Bertz CT molecular complexity index is 6380. The number of fused-ring (bicyclic) bond motifs is 6. The highest BCUT2D eigenvalue weighted by Gasteiger charge is 2.24. The number of hydrogen-bond donors (Lipinski definition) is 19. The summed E-state index contributed by atoms with van der Waals surface area (Å²) in [5.74, 6) is -1.63. The van der Waals surface area contributed by atoms with Crippen LogP contribution in [0.3, 0.4) is 0 Å². The van der Waals surface area contributed by atoms with Crippen LogP contribution in [0.2, 0.25) is 5.02 Å². The summed E-state index contributed by atoms with van der Waals surface area (Å²) >= 11 is 5.91. The lowest BCUT2D eigenvalue weighted by Gasteiger charge is -2.10. The molecule has 0 aromatic heterocycles. The molecule has 33 nitrogen and oxygen atoms in total. The summed E-state index contributed by atoms with van der Waals surface area (Å²) in [6.45, 7) is 5.59. The van der Waals surface area contributed by atoms with E-state index in [2.05, 4.69) is 22.9 Å². The van der Waals surface area contributed by atoms with Crippen molar-refractivity contribution in [2.24, 2.45) is 0 Å². The monoisotopic (exact) mass is 1650 g/mol. The lowest BCUT2D eigenvalue weighted by Crippen LogP contribution is -2.05. The van der Waals surface area contributed by atoms with E-state index in [0.717, 1.165) is 97.6 Å². The molecule has 12 rings (SSSR count). The Balaban J connectivity index is 0.000000181. The Morgan fingerprint density at radius 2 is 0.620 bits per heavy atom. The molecule has 108 heavy (non-hydrogen) atoms. The van der Waals surface area contributed by atoms with Crippen LogP contribution >= 0.6 is 11.6 Å². The van der Waals surface area contributed by atoms with Gasteiger partial charge in [0.15, 0.2) is 0 Å². The van der Waals surface area contributed by atoms with Gasteiger partial charge in [-0.05, 0) is 168 Å². The van der Waals surface area contributed by atoms with Crippen molar-refractivity contribution in [3.05, 3.63) is 175 Å². The van der Waals surface area contributed by atoms with Gasteiger partial charge in [0, 0.05) is 122 Å². The normalized spacial score (nSPS) is 11.9. The van der Waals surface area contributed by atoms with Gasteiger partial charge in [-0.15, -0.1) is 0 Å². The van der Waals surface area contributed by atoms with E-state index in [4.69, 9.17) is 60.7 Å². The van der Waals surface area contributed by atoms with Crippen LogP contribution < -0.4 is 33.2 Å². The van der Waals surface area contributed by atoms with Gasteiger partial charge in [-0.2, -0.15) is 58.9 Å². The molecule has 0 aliphatic heterocycles. The Kier molecular flexibility index (Phi) is 26.1. The predicted octanol–water partition coefficient (Wildman–Crippen LogP) is 11.1. The van der Waals surface area contributed by atoms with Gasteiger partial charge in [-0.25, -0.2) is 0 Å². The van der Waals surface area contributed by atoms with E-state index in [9.17, 15) is 89.6 Å². The minimum absolute atomic E-state index is 0.0424. The third kappa shape index (κ3) is 21.4. The summed E-state index contributed by atoms with van der Waals surface area (Å²) in [5, 5.41) is 71.9. The summed E-state index contributed by atoms with van der Waals surface area (Å²) in [6, 6.07) is 38.7. The number of nitrogens with two attached hydrogens (primary N) is 3. The molecule has 12 aromatic carbocycles. The maximum absolute atomic E-state index is 11.3. The number of phenolic OH excluding ortho intramolecular Hbond substituents is 6. The minimum Gasteiger partial charge on any atom is -0.507 e. The lowest BCUT2D eigenvalue weighted by molar-refractivity contribution is 0.470. The molecule has 0 radical (unpaired) electrons. The molecule has 0 unspecified atom stereocenters. The third-order valence-electron chi connectivity index (χ3n) is 15.3. The summed E-state index contributed by atoms with van der Waals surface area (Å²) in [4.78, 5) is -3.21. The number of unbranched alkanes of at least 4 members (excludes halogenated alkanes) is 1. The molecule has 0 saturated carbocycles. The van der Waals surface area contributed by atoms with Gasteiger partial charge in [0.25, 0.3) is 70.8 Å². The van der Waals surface area contributed by atoms with E-state index in [1.165, 1.54) is 48.5 Å². The summed E-state index contributed by atoms with van der Waals surface area (Å²) in [7, 11) is -29.4. The second kappa shape index (κ2) is 33.3. The first-order valence-electron chi connectivity index (χ1n) is 30.5. The van der Waals surface area contributed by atoms with Crippen molar-refractivity contribution in [1.82, 2.24) is 0 Å². The number of hydrogen-bond acceptors (Lipinski definition) is 26. The standard InChI is InChI=1S/C14H17NO4S.C12H13NO4S.C11H11NO4S.C10H8ClNO4S.C10H9NO7S2.C10H9NO4S/c1-2-3-6-15-11-4-5-13-10(7-11)8-12(9-14(13)16)20(17,18)19;1-2-13-9-3-4-11-8(5-9)6-10(7-12(11)14)18(15,16)17;1-12-8-2-3-10-7(4-8)5-9(6-11(10)13)17(14,15)16;11-10-7-3-5(17(14,15)16)4-9(13)6(7)1-2-8(10)12;11-8-2-1-6-7(10(8)20(16,17)18)3-5(4-9(6)12)19(13,14)15;11-7-1-2-9-6(3-7)4-8(5-10(9)12)16(13,14)15/h4-5,7-9,15-16H,2-3,6H2,1H3,(H,17,18,19);3-7,13-14H,2H2,1H3,(H,15,16,17);2-6,12-13H,1H3,(H,14,15,16);1-4,13H,12H2,(H,14,15,16);1-4,12H,11H2,(H,13,14,15)(H,16,17,18);1-5,12H,11H2,(H,13,14,15). The van der Waals surface area contributed by atoms with Gasteiger partial charge in [0.2, 0.25) is 0 Å². The smallest absolute Gasteiger partial charge is 0.297 e. The number of benzene rings is 12. The topological polar surface area (TPSA) is 616 Å². The molecule has 0 saturated heterocycles. The number of aromatic hydroxyl groups is 6. The van der Waals surface area contributed by atoms with Gasteiger partial charge in [0.1, 0.15) is 39.4 Å². The van der Waals surface area contributed by atoms with Crippen LogP contribution in [0, 0.1) is 0 Å². The van der Waals surface area contributed by atoms with E-state index in [1.54, 1.807) is 67.7 Å². The third-order valence-corrected chi connectivity index (χ3v) is 21.7. The van der Waals surface area contributed by atoms with Gasteiger partial charge < -0.3 is 63.8 Å². The van der Waals surface area contributed by atoms with Crippen molar-refractivity contribution in [3.8, 4) is 34.5 Å². The average molecular weight is 1650 g/mol. The van der Waals surface area contributed by atoms with Crippen LogP contribution in [0.4, 0.5) is 34.1 Å². The molecule has 0 heterocycles. The molecule has 0 spiro atoms. The van der Waals surface area contributed by atoms with Crippen molar-refractivity contribution in [3.63, 3.8) is 0 Å². The number of anilines is 6. The number of nitrogen functional groups attached to an aromatic ring is 3. The van der Waals surface area contributed by atoms with Crippen molar-refractivity contribution in [2.45, 2.75) is 61.0 Å². The molecule has 576 valence electrons. The predicted molar refractivity (Wildman–Crippen MR) is 408 cm³/mol. The van der Waals surface area contributed by atoms with Crippen LogP contribution in [-0.4, -0.2) is 142 Å². The molecule has 41 heteroatoms. The summed E-state index contributed by atoms with van der Waals surface area (Å²) in [5.41, 5.74) is 19.4. The number of rotatable bonds is 14. The molecule has 22 N–H and O–H groups in total. The molecular weight excluding hydrogens is 1580 g/mol. The number of phenols is 6. The Morgan fingerprint density at radius 1 is 0.324 bits per heavy atom. The molecule has 12 aromatic rings. The van der Waals surface area contributed by atoms with E-state index < -0.39 is 91.3 Å². The van der Waals surface area contributed by atoms with Gasteiger partial charge >= 0.3 is 0 Å². The zero-order valence-corrected chi connectivity index (χ0v) is 62.5. The van der Waals surface area contributed by atoms with Crippen molar-refractivity contribution < 1.29 is 121 Å².